The van der Waals surface area contributed by atoms with Crippen molar-refractivity contribution < 1.29 is 9.59 Å². The second kappa shape index (κ2) is 6.73. The highest BCUT2D eigenvalue weighted by Crippen LogP contribution is 2.25. The van der Waals surface area contributed by atoms with Gasteiger partial charge >= 0.3 is 0 Å². The molecule has 5 heteroatoms. The highest BCUT2D eigenvalue weighted by molar-refractivity contribution is 5.90. The van der Waals surface area contributed by atoms with Gasteiger partial charge in [0.1, 0.15) is 0 Å². The Morgan fingerprint density at radius 2 is 2.11 bits per heavy atom. The van der Waals surface area contributed by atoms with Gasteiger partial charge in [0.15, 0.2) is 0 Å². The van der Waals surface area contributed by atoms with Crippen LogP contribution in [0.5, 0.6) is 0 Å². The Morgan fingerprint density at radius 1 is 1.39 bits per heavy atom. The summed E-state index contributed by atoms with van der Waals surface area (Å²) < 4.78 is 0. The summed E-state index contributed by atoms with van der Waals surface area (Å²) in [7, 11) is 1.60. The van der Waals surface area contributed by atoms with E-state index >= 15 is 0 Å². The van der Waals surface area contributed by atoms with Crippen molar-refractivity contribution in [3.8, 4) is 0 Å². The first-order valence-corrected chi connectivity index (χ1v) is 6.84. The number of nitrogens with zero attached hydrogens (tertiary/aromatic N) is 1. The summed E-state index contributed by atoms with van der Waals surface area (Å²) in [6.07, 6.45) is 3.54. The van der Waals surface area contributed by atoms with Gasteiger partial charge in [-0.05, 0) is 32.2 Å². The van der Waals surface area contributed by atoms with Crippen molar-refractivity contribution in [2.24, 2.45) is 0 Å². The summed E-state index contributed by atoms with van der Waals surface area (Å²) in [6, 6.07) is 0. The average Bonchev–Trinajstić information content (AvgIpc) is 2.87. The molecule has 104 valence electrons. The zero-order valence-electron chi connectivity index (χ0n) is 11.7. The van der Waals surface area contributed by atoms with Crippen molar-refractivity contribution in [3.63, 3.8) is 0 Å². The van der Waals surface area contributed by atoms with E-state index in [0.717, 1.165) is 32.2 Å². The minimum atomic E-state index is -0.441. The van der Waals surface area contributed by atoms with Crippen LogP contribution in [0.4, 0.5) is 0 Å². The fraction of sp³-hybridized carbons (Fsp3) is 0.846. The van der Waals surface area contributed by atoms with Gasteiger partial charge in [0.25, 0.3) is 0 Å². The highest BCUT2D eigenvalue weighted by atomic mass is 16.2. The fourth-order valence-corrected chi connectivity index (χ4v) is 2.52. The Bertz CT molecular complexity index is 299. The Labute approximate surface area is 109 Å². The summed E-state index contributed by atoms with van der Waals surface area (Å²) in [5.41, 5.74) is -0.441. The van der Waals surface area contributed by atoms with E-state index in [-0.39, 0.29) is 18.4 Å². The van der Waals surface area contributed by atoms with Gasteiger partial charge in [-0.1, -0.05) is 13.8 Å². The number of rotatable bonds is 6. The lowest BCUT2D eigenvalue weighted by atomic mass is 9.92. The van der Waals surface area contributed by atoms with E-state index < -0.39 is 5.54 Å². The molecule has 1 aliphatic rings. The minimum Gasteiger partial charge on any atom is -0.358 e. The molecule has 2 amide bonds. The van der Waals surface area contributed by atoms with E-state index in [1.807, 2.05) is 13.8 Å². The van der Waals surface area contributed by atoms with Gasteiger partial charge in [-0.3, -0.25) is 9.59 Å². The van der Waals surface area contributed by atoms with E-state index in [9.17, 15) is 9.59 Å². The van der Waals surface area contributed by atoms with Gasteiger partial charge in [-0.25, -0.2) is 0 Å². The third-order valence-corrected chi connectivity index (χ3v) is 3.65. The third-order valence-electron chi connectivity index (χ3n) is 3.65. The maximum Gasteiger partial charge on any atom is 0.243 e. The van der Waals surface area contributed by atoms with E-state index in [1.165, 1.54) is 0 Å². The molecular weight excluding hydrogens is 230 g/mol. The van der Waals surface area contributed by atoms with E-state index in [4.69, 9.17) is 0 Å². The molecule has 0 aromatic heterocycles. The van der Waals surface area contributed by atoms with Crippen LogP contribution in [0.25, 0.3) is 0 Å². The van der Waals surface area contributed by atoms with Gasteiger partial charge in [-0.2, -0.15) is 0 Å². The van der Waals surface area contributed by atoms with Crippen molar-refractivity contribution in [2.75, 3.05) is 26.7 Å². The van der Waals surface area contributed by atoms with Crippen LogP contribution in [0.15, 0.2) is 0 Å². The number of hydrogen-bond acceptors (Lipinski definition) is 3. The smallest absolute Gasteiger partial charge is 0.243 e. The van der Waals surface area contributed by atoms with Crippen molar-refractivity contribution in [1.82, 2.24) is 15.5 Å². The molecule has 1 unspecified atom stereocenters. The Kier molecular flexibility index (Phi) is 5.59. The number of carbonyl (C=O) groups is 2. The molecule has 5 nitrogen and oxygen atoms in total. The fourth-order valence-electron chi connectivity index (χ4n) is 2.52. The lowest BCUT2D eigenvalue weighted by Crippen LogP contribution is -2.56. The monoisotopic (exact) mass is 255 g/mol. The number of nitrogens with one attached hydrogen (secondary N) is 2. The maximum atomic E-state index is 12.6. The van der Waals surface area contributed by atoms with Gasteiger partial charge in [0.05, 0.1) is 12.1 Å². The predicted molar refractivity (Wildman–Crippen MR) is 71.2 cm³/mol. The summed E-state index contributed by atoms with van der Waals surface area (Å²) in [6.45, 7) is 5.73. The molecule has 1 aliphatic heterocycles. The topological polar surface area (TPSA) is 61.4 Å². The van der Waals surface area contributed by atoms with Crippen LogP contribution in [0.1, 0.15) is 39.5 Å². The van der Waals surface area contributed by atoms with E-state index in [0.29, 0.717) is 6.54 Å². The number of likely N-dealkylation sites (N-methyl/N-ethyl adjacent to an activating group) is 1. The first-order valence-electron chi connectivity index (χ1n) is 6.84. The second-order valence-electron chi connectivity index (χ2n) is 4.87. The predicted octanol–water partition coefficient (Wildman–Crippen LogP) is 0.503. The molecule has 0 saturated carbocycles. The molecule has 1 saturated heterocycles. The van der Waals surface area contributed by atoms with Crippen LogP contribution in [0.2, 0.25) is 0 Å². The quantitative estimate of drug-likeness (QED) is 0.726. The molecule has 18 heavy (non-hydrogen) atoms. The van der Waals surface area contributed by atoms with Crippen molar-refractivity contribution in [1.29, 1.82) is 0 Å². The SMILES string of the molecule is CCCN(CC(=O)NC)C(=O)C1(CC)CCCN1. The summed E-state index contributed by atoms with van der Waals surface area (Å²) >= 11 is 0. The zero-order valence-corrected chi connectivity index (χ0v) is 11.7. The normalized spacial score (nSPS) is 22.8. The minimum absolute atomic E-state index is 0.0768. The van der Waals surface area contributed by atoms with Crippen LogP contribution in [-0.2, 0) is 9.59 Å². The van der Waals surface area contributed by atoms with Crippen LogP contribution < -0.4 is 10.6 Å². The molecule has 0 spiro atoms. The molecule has 0 radical (unpaired) electrons. The standard InChI is InChI=1S/C13H25N3O2/c1-4-9-16(10-11(17)14-3)12(18)13(5-2)7-6-8-15-13/h15H,4-10H2,1-3H3,(H,14,17). The summed E-state index contributed by atoms with van der Waals surface area (Å²) in [5, 5.41) is 5.90. The Morgan fingerprint density at radius 3 is 2.56 bits per heavy atom. The van der Waals surface area contributed by atoms with Crippen LogP contribution in [0, 0.1) is 0 Å². The molecular formula is C13H25N3O2. The lowest BCUT2D eigenvalue weighted by molar-refractivity contribution is -0.141. The van der Waals surface area contributed by atoms with Gasteiger partial charge in [0, 0.05) is 13.6 Å². The van der Waals surface area contributed by atoms with Crippen molar-refractivity contribution >= 4 is 11.8 Å². The van der Waals surface area contributed by atoms with E-state index in [1.54, 1.807) is 11.9 Å². The molecule has 1 atom stereocenters. The first kappa shape index (κ1) is 15.0. The number of amides is 2. The summed E-state index contributed by atoms with van der Waals surface area (Å²) in [4.78, 5) is 25.8. The number of carbonyl (C=O) groups excluding carboxylic acids is 2. The Hall–Kier alpha value is -1.10. The largest absolute Gasteiger partial charge is 0.358 e. The van der Waals surface area contributed by atoms with Crippen LogP contribution in [0.3, 0.4) is 0 Å². The van der Waals surface area contributed by atoms with Gasteiger partial charge < -0.3 is 15.5 Å². The molecule has 2 N–H and O–H groups in total. The van der Waals surface area contributed by atoms with Gasteiger partial charge in [0.2, 0.25) is 11.8 Å². The van der Waals surface area contributed by atoms with Crippen molar-refractivity contribution in [3.05, 3.63) is 0 Å². The maximum absolute atomic E-state index is 12.6. The summed E-state index contributed by atoms with van der Waals surface area (Å²) in [5.74, 6) is -0.0333. The average molecular weight is 255 g/mol. The Balaban J connectivity index is 2.77. The molecule has 1 rings (SSSR count). The third kappa shape index (κ3) is 3.22. The molecule has 0 aromatic rings. The molecule has 1 heterocycles. The molecule has 0 aliphatic carbocycles. The highest BCUT2D eigenvalue weighted by Gasteiger charge is 2.41. The number of hydrogen-bond donors (Lipinski definition) is 2. The van der Waals surface area contributed by atoms with E-state index in [2.05, 4.69) is 10.6 Å². The van der Waals surface area contributed by atoms with Gasteiger partial charge in [-0.15, -0.1) is 0 Å². The lowest BCUT2D eigenvalue weighted by Gasteiger charge is -2.33. The first-order chi connectivity index (χ1) is 8.59. The van der Waals surface area contributed by atoms with Crippen molar-refractivity contribution in [2.45, 2.75) is 45.1 Å². The zero-order chi connectivity index (χ0) is 13.6. The van der Waals surface area contributed by atoms with Crippen LogP contribution in [-0.4, -0.2) is 48.9 Å². The van der Waals surface area contributed by atoms with Crippen LogP contribution >= 0.6 is 0 Å². The molecule has 0 aromatic carbocycles. The second-order valence-corrected chi connectivity index (χ2v) is 4.87. The molecule has 0 bridgehead atoms. The molecule has 1 fully saturated rings.